The predicted octanol–water partition coefficient (Wildman–Crippen LogP) is 2.24. The Morgan fingerprint density at radius 3 is 2.61 bits per heavy atom. The van der Waals surface area contributed by atoms with Gasteiger partial charge in [0.05, 0.1) is 13.0 Å². The van der Waals surface area contributed by atoms with Crippen LogP contribution in [0.5, 0.6) is 5.75 Å². The molecule has 0 amide bonds. The summed E-state index contributed by atoms with van der Waals surface area (Å²) in [5.41, 5.74) is 0.682. The summed E-state index contributed by atoms with van der Waals surface area (Å²) in [7, 11) is 1.88. The van der Waals surface area contributed by atoms with Crippen molar-refractivity contribution in [2.45, 2.75) is 13.3 Å². The van der Waals surface area contributed by atoms with Crippen LogP contribution in [0.2, 0.25) is 0 Å². The van der Waals surface area contributed by atoms with E-state index in [1.807, 2.05) is 36.9 Å². The first kappa shape index (κ1) is 12.4. The third-order valence-corrected chi connectivity index (χ3v) is 2.73. The number of ketones is 1. The molecule has 0 saturated heterocycles. The molecule has 0 spiro atoms. The summed E-state index contributed by atoms with van der Waals surface area (Å²) in [5, 5.41) is 0. The van der Waals surface area contributed by atoms with Gasteiger partial charge in [0.1, 0.15) is 11.6 Å². The lowest BCUT2D eigenvalue weighted by Gasteiger charge is -2.04. The number of rotatable bonds is 5. The zero-order valence-electron chi connectivity index (χ0n) is 10.6. The van der Waals surface area contributed by atoms with Crippen molar-refractivity contribution in [2.75, 3.05) is 6.61 Å². The molecule has 0 fully saturated rings. The molecule has 0 radical (unpaired) electrons. The number of imidazole rings is 1. The van der Waals surface area contributed by atoms with Crippen molar-refractivity contribution in [3.63, 3.8) is 0 Å². The van der Waals surface area contributed by atoms with Gasteiger partial charge in [0.25, 0.3) is 0 Å². The van der Waals surface area contributed by atoms with Crippen LogP contribution in [0.25, 0.3) is 0 Å². The summed E-state index contributed by atoms with van der Waals surface area (Å²) in [6.07, 6.45) is 3.85. The number of Topliss-reactive ketones (excluding diaryl/α,β-unsaturated/α-hetero) is 1. The molecule has 4 nitrogen and oxygen atoms in total. The van der Waals surface area contributed by atoms with E-state index in [4.69, 9.17) is 4.74 Å². The van der Waals surface area contributed by atoms with E-state index >= 15 is 0 Å². The molecule has 0 N–H and O–H groups in total. The molecule has 4 heteroatoms. The second-order valence-electron chi connectivity index (χ2n) is 4.01. The van der Waals surface area contributed by atoms with Crippen LogP contribution < -0.4 is 4.74 Å². The van der Waals surface area contributed by atoms with Crippen LogP contribution in [0, 0.1) is 0 Å². The molecular weight excluding hydrogens is 228 g/mol. The van der Waals surface area contributed by atoms with Gasteiger partial charge in [0, 0.05) is 25.0 Å². The number of aromatic nitrogens is 2. The first-order valence-corrected chi connectivity index (χ1v) is 5.93. The molecule has 2 aromatic rings. The molecule has 0 atom stereocenters. The average molecular weight is 244 g/mol. The van der Waals surface area contributed by atoms with E-state index in [-0.39, 0.29) is 5.78 Å². The smallest absolute Gasteiger partial charge is 0.170 e. The van der Waals surface area contributed by atoms with Gasteiger partial charge in [0.15, 0.2) is 5.78 Å². The second kappa shape index (κ2) is 5.49. The van der Waals surface area contributed by atoms with E-state index in [0.717, 1.165) is 11.6 Å². The number of hydrogen-bond donors (Lipinski definition) is 0. The van der Waals surface area contributed by atoms with Crippen molar-refractivity contribution < 1.29 is 9.53 Å². The highest BCUT2D eigenvalue weighted by Gasteiger charge is 2.10. The molecule has 0 aliphatic heterocycles. The Balaban J connectivity index is 2.07. The van der Waals surface area contributed by atoms with E-state index in [2.05, 4.69) is 4.98 Å². The second-order valence-corrected chi connectivity index (χ2v) is 4.01. The van der Waals surface area contributed by atoms with Gasteiger partial charge >= 0.3 is 0 Å². The van der Waals surface area contributed by atoms with E-state index < -0.39 is 0 Å². The number of carbonyl (C=O) groups excluding carboxylic acids is 1. The zero-order valence-corrected chi connectivity index (χ0v) is 10.6. The SMILES string of the molecule is CCOc1ccc(C(=O)Cc2nccn2C)cc1. The van der Waals surface area contributed by atoms with Gasteiger partial charge in [0.2, 0.25) is 0 Å². The van der Waals surface area contributed by atoms with Gasteiger partial charge in [-0.15, -0.1) is 0 Å². The van der Waals surface area contributed by atoms with Crippen LogP contribution >= 0.6 is 0 Å². The summed E-state index contributed by atoms with van der Waals surface area (Å²) < 4.78 is 7.19. The van der Waals surface area contributed by atoms with E-state index in [0.29, 0.717) is 18.6 Å². The van der Waals surface area contributed by atoms with Crippen LogP contribution in [-0.4, -0.2) is 21.9 Å². The Kier molecular flexibility index (Phi) is 3.77. The van der Waals surface area contributed by atoms with Gasteiger partial charge in [-0.25, -0.2) is 4.98 Å². The fourth-order valence-corrected chi connectivity index (χ4v) is 1.72. The third kappa shape index (κ3) is 2.77. The Labute approximate surface area is 106 Å². The normalized spacial score (nSPS) is 10.3. The molecule has 0 unspecified atom stereocenters. The first-order valence-electron chi connectivity index (χ1n) is 5.93. The minimum absolute atomic E-state index is 0.0624. The van der Waals surface area contributed by atoms with E-state index in [1.165, 1.54) is 0 Å². The van der Waals surface area contributed by atoms with Crippen LogP contribution in [0.1, 0.15) is 23.1 Å². The van der Waals surface area contributed by atoms with Gasteiger partial charge < -0.3 is 9.30 Å². The number of aryl methyl sites for hydroxylation is 1. The first-order chi connectivity index (χ1) is 8.70. The quantitative estimate of drug-likeness (QED) is 0.758. The fraction of sp³-hybridized carbons (Fsp3) is 0.286. The average Bonchev–Trinajstić information content (AvgIpc) is 2.76. The van der Waals surface area contributed by atoms with Crippen molar-refractivity contribution in [2.24, 2.45) is 7.05 Å². The van der Waals surface area contributed by atoms with Crippen LogP contribution in [0.15, 0.2) is 36.7 Å². The number of carbonyl (C=O) groups is 1. The van der Waals surface area contributed by atoms with E-state index in [9.17, 15) is 4.79 Å². The summed E-state index contributed by atoms with van der Waals surface area (Å²) in [6, 6.07) is 7.21. The maximum Gasteiger partial charge on any atom is 0.170 e. The highest BCUT2D eigenvalue weighted by atomic mass is 16.5. The molecule has 0 aliphatic carbocycles. The number of hydrogen-bond acceptors (Lipinski definition) is 3. The maximum absolute atomic E-state index is 12.0. The molecule has 0 saturated carbocycles. The summed E-state index contributed by atoms with van der Waals surface area (Å²) in [5.74, 6) is 1.62. The molecule has 1 aromatic heterocycles. The van der Waals surface area contributed by atoms with Gasteiger partial charge in [-0.3, -0.25) is 4.79 Å². The molecule has 1 aromatic carbocycles. The third-order valence-electron chi connectivity index (χ3n) is 2.73. The monoisotopic (exact) mass is 244 g/mol. The van der Waals surface area contributed by atoms with Crippen molar-refractivity contribution >= 4 is 5.78 Å². The fourth-order valence-electron chi connectivity index (χ4n) is 1.72. The largest absolute Gasteiger partial charge is 0.494 e. The summed E-state index contributed by atoms with van der Waals surface area (Å²) in [4.78, 5) is 16.2. The standard InChI is InChI=1S/C14H16N2O2/c1-3-18-12-6-4-11(5-7-12)13(17)10-14-15-8-9-16(14)2/h4-9H,3,10H2,1-2H3. The highest BCUT2D eigenvalue weighted by molar-refractivity contribution is 5.97. The molecule has 94 valence electrons. The van der Waals surface area contributed by atoms with Crippen LogP contribution in [-0.2, 0) is 13.5 Å². The van der Waals surface area contributed by atoms with Gasteiger partial charge in [-0.05, 0) is 31.2 Å². The summed E-state index contributed by atoms with van der Waals surface area (Å²) >= 11 is 0. The molecular formula is C14H16N2O2. The van der Waals surface area contributed by atoms with Gasteiger partial charge in [-0.2, -0.15) is 0 Å². The van der Waals surface area contributed by atoms with Crippen LogP contribution in [0.4, 0.5) is 0 Å². The minimum Gasteiger partial charge on any atom is -0.494 e. The number of ether oxygens (including phenoxy) is 1. The van der Waals surface area contributed by atoms with Crippen molar-refractivity contribution in [3.05, 3.63) is 48.0 Å². The molecule has 1 heterocycles. The Morgan fingerprint density at radius 2 is 2.06 bits per heavy atom. The molecule has 2 rings (SSSR count). The molecule has 18 heavy (non-hydrogen) atoms. The Hall–Kier alpha value is -2.10. The van der Waals surface area contributed by atoms with E-state index in [1.54, 1.807) is 18.3 Å². The minimum atomic E-state index is 0.0624. The Morgan fingerprint density at radius 1 is 1.33 bits per heavy atom. The van der Waals surface area contributed by atoms with Crippen molar-refractivity contribution in [1.82, 2.24) is 9.55 Å². The lowest BCUT2D eigenvalue weighted by molar-refractivity contribution is 0.0990. The zero-order chi connectivity index (χ0) is 13.0. The topological polar surface area (TPSA) is 44.1 Å². The molecule has 0 aliphatic rings. The lowest BCUT2D eigenvalue weighted by atomic mass is 10.1. The number of benzene rings is 1. The highest BCUT2D eigenvalue weighted by Crippen LogP contribution is 2.13. The predicted molar refractivity (Wildman–Crippen MR) is 68.9 cm³/mol. The van der Waals surface area contributed by atoms with Crippen LogP contribution in [0.3, 0.4) is 0 Å². The number of nitrogens with zero attached hydrogens (tertiary/aromatic N) is 2. The Bertz CT molecular complexity index is 529. The van der Waals surface area contributed by atoms with Gasteiger partial charge in [-0.1, -0.05) is 0 Å². The lowest BCUT2D eigenvalue weighted by Crippen LogP contribution is -2.08. The molecule has 0 bridgehead atoms. The summed E-state index contributed by atoms with van der Waals surface area (Å²) in [6.45, 7) is 2.56. The van der Waals surface area contributed by atoms with Crippen molar-refractivity contribution in [1.29, 1.82) is 0 Å². The maximum atomic E-state index is 12.0. The van der Waals surface area contributed by atoms with Crippen molar-refractivity contribution in [3.8, 4) is 5.75 Å².